The molecule has 1 unspecified atom stereocenters. The van der Waals surface area contributed by atoms with Gasteiger partial charge in [0.1, 0.15) is 0 Å². The molecule has 0 radical (unpaired) electrons. The second kappa shape index (κ2) is 4.73. The lowest BCUT2D eigenvalue weighted by Gasteiger charge is -2.16. The van der Waals surface area contributed by atoms with Crippen LogP contribution in [0.15, 0.2) is 18.2 Å². The Bertz CT molecular complexity index is 347. The molecule has 1 atom stereocenters. The minimum atomic E-state index is 0.574. The van der Waals surface area contributed by atoms with E-state index >= 15 is 0 Å². The second-order valence-electron chi connectivity index (χ2n) is 4.19. The van der Waals surface area contributed by atoms with E-state index in [4.69, 9.17) is 28.9 Å². The van der Waals surface area contributed by atoms with Crippen LogP contribution in [0.25, 0.3) is 0 Å². The summed E-state index contributed by atoms with van der Waals surface area (Å²) in [5.74, 6) is 1.38. The fourth-order valence-electron chi connectivity index (χ4n) is 2.10. The highest BCUT2D eigenvalue weighted by Gasteiger charge is 2.31. The van der Waals surface area contributed by atoms with Gasteiger partial charge in [0, 0.05) is 0 Å². The van der Waals surface area contributed by atoms with E-state index < -0.39 is 0 Å². The topological polar surface area (TPSA) is 26.0 Å². The summed E-state index contributed by atoms with van der Waals surface area (Å²) in [6.07, 6.45) is 3.69. The first kappa shape index (κ1) is 11.3. The van der Waals surface area contributed by atoms with Crippen LogP contribution in [0.3, 0.4) is 0 Å². The molecule has 2 N–H and O–H groups in total. The molecule has 0 amide bonds. The Hall–Kier alpha value is -0.240. The summed E-state index contributed by atoms with van der Waals surface area (Å²) in [6.45, 7) is 0.738. The molecule has 0 bridgehead atoms. The average molecular weight is 244 g/mol. The van der Waals surface area contributed by atoms with Crippen molar-refractivity contribution in [1.29, 1.82) is 0 Å². The Morgan fingerprint density at radius 2 is 2.00 bits per heavy atom. The van der Waals surface area contributed by atoms with Crippen LogP contribution >= 0.6 is 23.2 Å². The highest BCUT2D eigenvalue weighted by molar-refractivity contribution is 6.42. The summed E-state index contributed by atoms with van der Waals surface area (Å²) in [5.41, 5.74) is 6.93. The Balaban J connectivity index is 2.21. The maximum atomic E-state index is 6.02. The highest BCUT2D eigenvalue weighted by Crippen LogP contribution is 2.45. The van der Waals surface area contributed by atoms with Crippen molar-refractivity contribution in [2.45, 2.75) is 25.2 Å². The lowest BCUT2D eigenvalue weighted by atomic mass is 9.91. The average Bonchev–Trinajstić information content (AvgIpc) is 3.02. The fraction of sp³-hybridized carbons (Fsp3) is 0.500. The van der Waals surface area contributed by atoms with Crippen LogP contribution in [0.1, 0.15) is 30.7 Å². The molecule has 1 aliphatic carbocycles. The molecule has 1 fully saturated rings. The van der Waals surface area contributed by atoms with E-state index in [1.54, 1.807) is 0 Å². The van der Waals surface area contributed by atoms with Gasteiger partial charge in [-0.1, -0.05) is 29.3 Å². The van der Waals surface area contributed by atoms with Gasteiger partial charge >= 0.3 is 0 Å². The standard InChI is InChI=1S/C12H15Cl2N/c13-11-4-3-9(7-12(11)14)10(5-6-15)8-1-2-8/h3-4,7-8,10H,1-2,5-6,15H2. The fourth-order valence-corrected chi connectivity index (χ4v) is 2.40. The number of rotatable bonds is 4. The number of benzene rings is 1. The van der Waals surface area contributed by atoms with Crippen molar-refractivity contribution < 1.29 is 0 Å². The van der Waals surface area contributed by atoms with E-state index in [1.807, 2.05) is 12.1 Å². The maximum absolute atomic E-state index is 6.02. The minimum absolute atomic E-state index is 0.574. The SMILES string of the molecule is NCCC(c1ccc(Cl)c(Cl)c1)C1CC1. The largest absolute Gasteiger partial charge is 0.330 e. The smallest absolute Gasteiger partial charge is 0.0595 e. The molecule has 0 heterocycles. The molecule has 1 aromatic rings. The van der Waals surface area contributed by atoms with E-state index in [9.17, 15) is 0 Å². The monoisotopic (exact) mass is 243 g/mol. The molecule has 2 rings (SSSR count). The van der Waals surface area contributed by atoms with Crippen molar-refractivity contribution >= 4 is 23.2 Å². The predicted molar refractivity (Wildman–Crippen MR) is 65.6 cm³/mol. The molecule has 0 aliphatic heterocycles. The Morgan fingerprint density at radius 1 is 1.27 bits per heavy atom. The van der Waals surface area contributed by atoms with Gasteiger partial charge in [-0.3, -0.25) is 0 Å². The third-order valence-electron chi connectivity index (χ3n) is 3.04. The quantitative estimate of drug-likeness (QED) is 0.855. The van der Waals surface area contributed by atoms with Crippen molar-refractivity contribution in [3.63, 3.8) is 0 Å². The minimum Gasteiger partial charge on any atom is -0.330 e. The number of halogens is 2. The first-order valence-electron chi connectivity index (χ1n) is 5.37. The van der Waals surface area contributed by atoms with Crippen LogP contribution in [0, 0.1) is 5.92 Å². The van der Waals surface area contributed by atoms with Crippen molar-refractivity contribution in [2.75, 3.05) is 6.54 Å². The molecule has 1 saturated carbocycles. The maximum Gasteiger partial charge on any atom is 0.0595 e. The Labute approximate surface area is 101 Å². The zero-order chi connectivity index (χ0) is 10.8. The Kier molecular flexibility index (Phi) is 3.55. The lowest BCUT2D eigenvalue weighted by Crippen LogP contribution is -2.09. The molecule has 1 aromatic carbocycles. The second-order valence-corrected chi connectivity index (χ2v) is 5.01. The summed E-state index contributed by atoms with van der Waals surface area (Å²) >= 11 is 11.9. The zero-order valence-corrected chi connectivity index (χ0v) is 10.1. The van der Waals surface area contributed by atoms with Crippen molar-refractivity contribution in [3.05, 3.63) is 33.8 Å². The third-order valence-corrected chi connectivity index (χ3v) is 3.78. The summed E-state index contributed by atoms with van der Waals surface area (Å²) in [7, 11) is 0. The van der Waals surface area contributed by atoms with Crippen LogP contribution in [0.5, 0.6) is 0 Å². The first-order chi connectivity index (χ1) is 7.22. The molecule has 0 saturated heterocycles. The first-order valence-corrected chi connectivity index (χ1v) is 6.13. The van der Waals surface area contributed by atoms with Gasteiger partial charge in [0.15, 0.2) is 0 Å². The van der Waals surface area contributed by atoms with Crippen molar-refractivity contribution in [1.82, 2.24) is 0 Å². The van der Waals surface area contributed by atoms with E-state index in [2.05, 4.69) is 6.07 Å². The van der Waals surface area contributed by atoms with Crippen molar-refractivity contribution in [2.24, 2.45) is 11.7 Å². The van der Waals surface area contributed by atoms with Crippen LogP contribution in [0.4, 0.5) is 0 Å². The van der Waals surface area contributed by atoms with Gasteiger partial charge in [0.2, 0.25) is 0 Å². The van der Waals surface area contributed by atoms with Crippen LogP contribution in [-0.4, -0.2) is 6.54 Å². The number of nitrogens with two attached hydrogens (primary N) is 1. The summed E-state index contributed by atoms with van der Waals surface area (Å²) in [6, 6.07) is 5.94. The lowest BCUT2D eigenvalue weighted by molar-refractivity contribution is 0.565. The molecule has 3 heteroatoms. The molecule has 0 spiro atoms. The number of hydrogen-bond donors (Lipinski definition) is 1. The normalized spacial score (nSPS) is 17.8. The van der Waals surface area contributed by atoms with E-state index in [0.29, 0.717) is 16.0 Å². The van der Waals surface area contributed by atoms with E-state index in [1.165, 1.54) is 18.4 Å². The van der Waals surface area contributed by atoms with Gasteiger partial charge in [-0.15, -0.1) is 0 Å². The molecule has 15 heavy (non-hydrogen) atoms. The number of hydrogen-bond acceptors (Lipinski definition) is 1. The van der Waals surface area contributed by atoms with Gasteiger partial charge in [0.25, 0.3) is 0 Å². The third kappa shape index (κ3) is 2.66. The molecule has 0 aromatic heterocycles. The summed E-state index contributed by atoms with van der Waals surface area (Å²) < 4.78 is 0. The highest BCUT2D eigenvalue weighted by atomic mass is 35.5. The van der Waals surface area contributed by atoms with Gasteiger partial charge < -0.3 is 5.73 Å². The summed E-state index contributed by atoms with van der Waals surface area (Å²) in [5, 5.41) is 1.28. The predicted octanol–water partition coefficient (Wildman–Crippen LogP) is 3.84. The van der Waals surface area contributed by atoms with Gasteiger partial charge in [0.05, 0.1) is 10.0 Å². The molecular weight excluding hydrogens is 229 g/mol. The van der Waals surface area contributed by atoms with Gasteiger partial charge in [-0.25, -0.2) is 0 Å². The zero-order valence-electron chi connectivity index (χ0n) is 8.55. The van der Waals surface area contributed by atoms with E-state index in [-0.39, 0.29) is 0 Å². The van der Waals surface area contributed by atoms with Crippen molar-refractivity contribution in [3.8, 4) is 0 Å². The summed E-state index contributed by atoms with van der Waals surface area (Å²) in [4.78, 5) is 0. The van der Waals surface area contributed by atoms with Gasteiger partial charge in [-0.05, 0) is 55.3 Å². The molecular formula is C12H15Cl2N. The molecule has 1 nitrogen and oxygen atoms in total. The van der Waals surface area contributed by atoms with Crippen LogP contribution < -0.4 is 5.73 Å². The van der Waals surface area contributed by atoms with Crippen LogP contribution in [-0.2, 0) is 0 Å². The Morgan fingerprint density at radius 3 is 2.53 bits per heavy atom. The van der Waals surface area contributed by atoms with Crippen LogP contribution in [0.2, 0.25) is 10.0 Å². The molecule has 1 aliphatic rings. The molecule has 82 valence electrons. The van der Waals surface area contributed by atoms with E-state index in [0.717, 1.165) is 18.9 Å². The van der Waals surface area contributed by atoms with Gasteiger partial charge in [-0.2, -0.15) is 0 Å².